The van der Waals surface area contributed by atoms with Crippen LogP contribution < -0.4 is 16.4 Å². The van der Waals surface area contributed by atoms with Crippen LogP contribution in [0.1, 0.15) is 24.8 Å². The number of halogens is 3. The molecule has 1 saturated carbocycles. The van der Waals surface area contributed by atoms with Gasteiger partial charge in [-0.25, -0.2) is 0 Å². The second-order valence-corrected chi connectivity index (χ2v) is 4.76. The molecule has 0 aromatic heterocycles. The standard InChI is InChI=1S/C13H12F3N3/c14-13(15,16)7-4-5-10-9(6-7)8-2-1-3-11(19-17)12(8)18-10/h4-6,12H,1-3,17H2/b19-11+. The van der Waals surface area contributed by atoms with Gasteiger partial charge in [0.15, 0.2) is 0 Å². The molecular formula is C13H12F3N3. The lowest BCUT2D eigenvalue weighted by Gasteiger charge is -2.20. The van der Waals surface area contributed by atoms with E-state index in [1.807, 2.05) is 0 Å². The number of benzene rings is 1. The quantitative estimate of drug-likeness (QED) is 0.560. The van der Waals surface area contributed by atoms with Crippen LogP contribution in [0.2, 0.25) is 0 Å². The predicted octanol–water partition coefficient (Wildman–Crippen LogP) is 1.36. The Hall–Kier alpha value is -1.85. The number of hydrazone groups is 1. The number of nitrogens with zero attached hydrogens (tertiary/aromatic N) is 2. The van der Waals surface area contributed by atoms with Crippen molar-refractivity contribution in [1.29, 1.82) is 0 Å². The summed E-state index contributed by atoms with van der Waals surface area (Å²) in [5.74, 6) is 5.33. The average Bonchev–Trinajstić information content (AvgIpc) is 2.75. The largest absolute Gasteiger partial charge is 0.416 e. The molecule has 2 aliphatic rings. The average molecular weight is 267 g/mol. The van der Waals surface area contributed by atoms with Crippen LogP contribution in [0.5, 0.6) is 0 Å². The molecule has 1 atom stereocenters. The molecular weight excluding hydrogens is 255 g/mol. The highest BCUT2D eigenvalue weighted by molar-refractivity contribution is 5.99. The monoisotopic (exact) mass is 267 g/mol. The van der Waals surface area contributed by atoms with Gasteiger partial charge < -0.3 is 5.84 Å². The van der Waals surface area contributed by atoms with Gasteiger partial charge in [-0.15, -0.1) is 0 Å². The summed E-state index contributed by atoms with van der Waals surface area (Å²) in [6.45, 7) is 0. The topological polar surface area (TPSA) is 50.7 Å². The summed E-state index contributed by atoms with van der Waals surface area (Å²) in [5.41, 5.74) is 1.04. The molecule has 1 unspecified atom stereocenters. The highest BCUT2D eigenvalue weighted by Crippen LogP contribution is 2.29. The van der Waals surface area contributed by atoms with Gasteiger partial charge in [-0.3, -0.25) is 4.99 Å². The Kier molecular flexibility index (Phi) is 2.62. The first-order valence-electron chi connectivity index (χ1n) is 6.05. The summed E-state index contributed by atoms with van der Waals surface area (Å²) < 4.78 is 38.2. The molecule has 3 nitrogen and oxygen atoms in total. The Bertz CT molecular complexity index is 673. The van der Waals surface area contributed by atoms with Crippen molar-refractivity contribution in [3.05, 3.63) is 34.3 Å². The zero-order valence-electron chi connectivity index (χ0n) is 10.0. The number of rotatable bonds is 0. The first-order chi connectivity index (χ1) is 9.00. The molecule has 1 fully saturated rings. The number of nitrogens with two attached hydrogens (primary N) is 1. The summed E-state index contributed by atoms with van der Waals surface area (Å²) >= 11 is 0. The summed E-state index contributed by atoms with van der Waals surface area (Å²) in [5, 5.41) is 4.93. The van der Waals surface area contributed by atoms with Gasteiger partial charge in [0.05, 0.1) is 16.6 Å². The van der Waals surface area contributed by atoms with Crippen LogP contribution in [0.25, 0.3) is 5.57 Å². The van der Waals surface area contributed by atoms with E-state index < -0.39 is 11.7 Å². The van der Waals surface area contributed by atoms with Crippen LogP contribution in [0, 0.1) is 0 Å². The van der Waals surface area contributed by atoms with Crippen molar-refractivity contribution in [2.75, 3.05) is 0 Å². The van der Waals surface area contributed by atoms with E-state index in [1.165, 1.54) is 12.1 Å². The third-order valence-electron chi connectivity index (χ3n) is 3.63. The van der Waals surface area contributed by atoms with Gasteiger partial charge in [0.1, 0.15) is 6.04 Å². The highest BCUT2D eigenvalue weighted by Gasteiger charge is 2.33. The van der Waals surface area contributed by atoms with Crippen molar-refractivity contribution < 1.29 is 13.2 Å². The smallest absolute Gasteiger partial charge is 0.323 e. The minimum Gasteiger partial charge on any atom is -0.323 e. The Balaban J connectivity index is 2.21. The van der Waals surface area contributed by atoms with Crippen LogP contribution in [0.15, 0.2) is 28.3 Å². The number of hydrogen-bond acceptors (Lipinski definition) is 3. The van der Waals surface area contributed by atoms with Crippen LogP contribution in [-0.4, -0.2) is 11.8 Å². The minimum absolute atomic E-state index is 0.253. The van der Waals surface area contributed by atoms with E-state index >= 15 is 0 Å². The number of alkyl halides is 3. The predicted molar refractivity (Wildman–Crippen MR) is 64.9 cm³/mol. The molecule has 0 bridgehead atoms. The van der Waals surface area contributed by atoms with Crippen molar-refractivity contribution in [1.82, 2.24) is 0 Å². The van der Waals surface area contributed by atoms with Crippen LogP contribution in [0.4, 0.5) is 13.2 Å². The molecule has 0 spiro atoms. The maximum Gasteiger partial charge on any atom is 0.416 e. The molecule has 0 radical (unpaired) electrons. The molecule has 0 saturated heterocycles. The molecule has 100 valence electrons. The van der Waals surface area contributed by atoms with Crippen LogP contribution >= 0.6 is 0 Å². The maximum absolute atomic E-state index is 12.7. The molecule has 1 aliphatic carbocycles. The Morgan fingerprint density at radius 2 is 2.05 bits per heavy atom. The van der Waals surface area contributed by atoms with E-state index in [2.05, 4.69) is 10.1 Å². The fourth-order valence-electron chi connectivity index (χ4n) is 2.73. The van der Waals surface area contributed by atoms with Crippen molar-refractivity contribution in [2.24, 2.45) is 15.9 Å². The molecule has 6 heteroatoms. The lowest BCUT2D eigenvalue weighted by atomic mass is 9.88. The van der Waals surface area contributed by atoms with Crippen molar-refractivity contribution in [3.8, 4) is 0 Å². The van der Waals surface area contributed by atoms with E-state index in [0.29, 0.717) is 10.6 Å². The molecule has 2 N–H and O–H groups in total. The highest BCUT2D eigenvalue weighted by atomic mass is 19.4. The van der Waals surface area contributed by atoms with E-state index in [1.54, 1.807) is 0 Å². The Morgan fingerprint density at radius 1 is 1.26 bits per heavy atom. The van der Waals surface area contributed by atoms with Gasteiger partial charge in [-0.05, 0) is 43.0 Å². The lowest BCUT2D eigenvalue weighted by Crippen LogP contribution is -2.28. The van der Waals surface area contributed by atoms with Crippen LogP contribution in [0.3, 0.4) is 0 Å². The van der Waals surface area contributed by atoms with Gasteiger partial charge in [0.2, 0.25) is 0 Å². The van der Waals surface area contributed by atoms with Crippen LogP contribution in [-0.2, 0) is 6.18 Å². The van der Waals surface area contributed by atoms with Crippen molar-refractivity contribution in [2.45, 2.75) is 31.5 Å². The minimum atomic E-state index is -4.33. The first kappa shape index (κ1) is 12.2. The van der Waals surface area contributed by atoms with Gasteiger partial charge in [0, 0.05) is 5.22 Å². The van der Waals surface area contributed by atoms with Gasteiger partial charge in [-0.1, -0.05) is 0 Å². The Morgan fingerprint density at radius 3 is 2.74 bits per heavy atom. The summed E-state index contributed by atoms with van der Waals surface area (Å²) in [6.07, 6.45) is -1.96. The molecule has 1 aromatic rings. The normalized spacial score (nSPS) is 24.1. The maximum atomic E-state index is 12.7. The number of hydrogen-bond donors (Lipinski definition) is 1. The zero-order valence-corrected chi connectivity index (χ0v) is 10.0. The van der Waals surface area contributed by atoms with Gasteiger partial charge in [-0.2, -0.15) is 18.3 Å². The van der Waals surface area contributed by atoms with Gasteiger partial charge >= 0.3 is 6.18 Å². The fraction of sp³-hybridized carbons (Fsp3) is 0.385. The van der Waals surface area contributed by atoms with E-state index in [4.69, 9.17) is 5.84 Å². The third-order valence-corrected chi connectivity index (χ3v) is 3.63. The third kappa shape index (κ3) is 1.91. The summed E-state index contributed by atoms with van der Waals surface area (Å²) in [6, 6.07) is 3.43. The number of fused-ring (bicyclic) bond motifs is 2. The molecule has 1 heterocycles. The Labute approximate surface area is 107 Å². The molecule has 1 aromatic carbocycles. The summed E-state index contributed by atoms with van der Waals surface area (Å²) in [4.78, 5) is 4.43. The first-order valence-corrected chi connectivity index (χ1v) is 6.05. The van der Waals surface area contributed by atoms with E-state index in [0.717, 1.165) is 36.6 Å². The fourth-order valence-corrected chi connectivity index (χ4v) is 2.73. The zero-order chi connectivity index (χ0) is 13.6. The van der Waals surface area contributed by atoms with E-state index in [9.17, 15) is 13.2 Å². The molecule has 3 rings (SSSR count). The summed E-state index contributed by atoms with van der Waals surface area (Å²) in [7, 11) is 0. The van der Waals surface area contributed by atoms with Gasteiger partial charge in [0.25, 0.3) is 0 Å². The SMILES string of the molecule is N/N=C1\CCCC2=c3cc(C(F)(F)F)ccc3=NC21. The molecule has 0 amide bonds. The molecule has 19 heavy (non-hydrogen) atoms. The molecule has 1 aliphatic heterocycles. The second-order valence-electron chi connectivity index (χ2n) is 4.76. The lowest BCUT2D eigenvalue weighted by molar-refractivity contribution is -0.137. The van der Waals surface area contributed by atoms with Crippen molar-refractivity contribution >= 4 is 11.3 Å². The van der Waals surface area contributed by atoms with E-state index in [-0.39, 0.29) is 6.04 Å². The van der Waals surface area contributed by atoms with Crippen molar-refractivity contribution in [3.63, 3.8) is 0 Å². The second kappa shape index (κ2) is 4.08.